The van der Waals surface area contributed by atoms with Crippen molar-refractivity contribution in [1.82, 2.24) is 6.15 Å². The third kappa shape index (κ3) is 1.76. The van der Waals surface area contributed by atoms with Gasteiger partial charge in [-0.2, -0.15) is 0 Å². The summed E-state index contributed by atoms with van der Waals surface area (Å²) in [6, 6.07) is 5.56. The number of hydrogen-bond donors (Lipinski definition) is 1. The van der Waals surface area contributed by atoms with Crippen molar-refractivity contribution in [1.29, 1.82) is 0 Å². The molecule has 1 aromatic rings. The van der Waals surface area contributed by atoms with Crippen molar-refractivity contribution < 1.29 is 9.59 Å². The number of fused-ring (bicyclic) bond motifs is 1. The van der Waals surface area contributed by atoms with E-state index in [1.54, 1.807) is 6.07 Å². The van der Waals surface area contributed by atoms with Gasteiger partial charge in [0.1, 0.15) is 0 Å². The molecule has 0 saturated heterocycles. The van der Waals surface area contributed by atoms with Crippen LogP contribution >= 0.6 is 15.9 Å². The van der Waals surface area contributed by atoms with Crippen LogP contribution in [0.5, 0.6) is 0 Å². The molecule has 1 aliphatic heterocycles. The second-order valence-corrected chi connectivity index (χ2v) is 4.53. The average molecular weight is 285 g/mol. The number of nitrogens with zero attached hydrogens (tertiary/aromatic N) is 1. The Balaban J connectivity index is 0.00000128. The van der Waals surface area contributed by atoms with Crippen molar-refractivity contribution in [3.8, 4) is 0 Å². The van der Waals surface area contributed by atoms with Gasteiger partial charge in [-0.05, 0) is 24.6 Å². The van der Waals surface area contributed by atoms with Gasteiger partial charge in [-0.1, -0.05) is 22.0 Å². The Labute approximate surface area is 102 Å². The standard InChI is InChI=1S/C11H10BrNO2.H3N/c1-6-9-4-3-8(12)5-10(9)13(7(2)14)11(6)15;/h3-6H,1-2H3;1H3. The Bertz CT molecular complexity index is 459. The van der Waals surface area contributed by atoms with Gasteiger partial charge in [0.05, 0.1) is 11.6 Å². The SMILES string of the molecule is CC(=O)N1C(=O)C(C)c2ccc(Br)cc21.N. The number of halogens is 1. The molecule has 0 radical (unpaired) electrons. The van der Waals surface area contributed by atoms with Crippen molar-refractivity contribution in [3.63, 3.8) is 0 Å². The minimum Gasteiger partial charge on any atom is -0.344 e. The van der Waals surface area contributed by atoms with E-state index >= 15 is 0 Å². The second kappa shape index (κ2) is 4.35. The first-order chi connectivity index (χ1) is 7.02. The summed E-state index contributed by atoms with van der Waals surface area (Å²) >= 11 is 3.33. The minimum absolute atomic E-state index is 0. The van der Waals surface area contributed by atoms with Gasteiger partial charge in [0.2, 0.25) is 11.8 Å². The van der Waals surface area contributed by atoms with Gasteiger partial charge >= 0.3 is 0 Å². The van der Waals surface area contributed by atoms with E-state index in [2.05, 4.69) is 15.9 Å². The first-order valence-electron chi connectivity index (χ1n) is 4.66. The predicted molar refractivity (Wildman–Crippen MR) is 65.7 cm³/mol. The lowest BCUT2D eigenvalue weighted by atomic mass is 10.0. The largest absolute Gasteiger partial charge is 0.344 e. The number of hydrogen-bond acceptors (Lipinski definition) is 3. The number of amides is 2. The van der Waals surface area contributed by atoms with Gasteiger partial charge in [0.15, 0.2) is 0 Å². The fourth-order valence-electron chi connectivity index (χ4n) is 1.85. The Morgan fingerprint density at radius 1 is 1.44 bits per heavy atom. The van der Waals surface area contributed by atoms with Gasteiger partial charge in [-0.15, -0.1) is 0 Å². The molecule has 1 heterocycles. The Morgan fingerprint density at radius 3 is 2.62 bits per heavy atom. The number of anilines is 1. The van der Waals surface area contributed by atoms with Crippen LogP contribution in [-0.2, 0) is 9.59 Å². The topological polar surface area (TPSA) is 72.4 Å². The molecule has 0 spiro atoms. The van der Waals surface area contributed by atoms with E-state index in [9.17, 15) is 9.59 Å². The molecule has 1 atom stereocenters. The molecule has 0 aliphatic carbocycles. The van der Waals surface area contributed by atoms with Crippen LogP contribution in [0.4, 0.5) is 5.69 Å². The highest BCUT2D eigenvalue weighted by atomic mass is 79.9. The molecule has 0 bridgehead atoms. The zero-order valence-corrected chi connectivity index (χ0v) is 10.7. The molecule has 0 fully saturated rings. The molecule has 1 aliphatic rings. The number of carbonyl (C=O) groups excluding carboxylic acids is 2. The summed E-state index contributed by atoms with van der Waals surface area (Å²) in [7, 11) is 0. The molecular weight excluding hydrogens is 272 g/mol. The van der Waals surface area contributed by atoms with Crippen molar-refractivity contribution in [2.24, 2.45) is 0 Å². The third-order valence-corrected chi connectivity index (χ3v) is 3.10. The van der Waals surface area contributed by atoms with Crippen molar-refractivity contribution in [3.05, 3.63) is 28.2 Å². The van der Waals surface area contributed by atoms with Gasteiger partial charge in [-0.3, -0.25) is 9.59 Å². The maximum absolute atomic E-state index is 11.8. The maximum Gasteiger partial charge on any atom is 0.241 e. The molecular formula is C11H13BrN2O2. The average Bonchev–Trinajstić information content (AvgIpc) is 2.39. The molecule has 86 valence electrons. The first kappa shape index (κ1) is 12.9. The lowest BCUT2D eigenvalue weighted by Gasteiger charge is -2.12. The maximum atomic E-state index is 11.8. The van der Waals surface area contributed by atoms with E-state index in [0.717, 1.165) is 10.0 Å². The Morgan fingerprint density at radius 2 is 2.06 bits per heavy atom. The molecule has 2 amide bonds. The lowest BCUT2D eigenvalue weighted by Crippen LogP contribution is -2.32. The van der Waals surface area contributed by atoms with Crippen molar-refractivity contribution in [2.45, 2.75) is 19.8 Å². The molecule has 0 aromatic heterocycles. The van der Waals surface area contributed by atoms with Crippen LogP contribution in [-0.4, -0.2) is 11.8 Å². The minimum atomic E-state index is -0.233. The van der Waals surface area contributed by atoms with Gasteiger partial charge < -0.3 is 6.15 Å². The van der Waals surface area contributed by atoms with E-state index in [-0.39, 0.29) is 23.9 Å². The van der Waals surface area contributed by atoms with E-state index in [1.165, 1.54) is 11.8 Å². The zero-order valence-electron chi connectivity index (χ0n) is 9.16. The van der Waals surface area contributed by atoms with Crippen LogP contribution in [0.1, 0.15) is 25.3 Å². The van der Waals surface area contributed by atoms with Crippen LogP contribution < -0.4 is 11.1 Å². The third-order valence-electron chi connectivity index (χ3n) is 2.61. The van der Waals surface area contributed by atoms with Crippen LogP contribution in [0.15, 0.2) is 22.7 Å². The molecule has 0 saturated carbocycles. The fourth-order valence-corrected chi connectivity index (χ4v) is 2.20. The molecule has 4 nitrogen and oxygen atoms in total. The molecule has 2 rings (SSSR count). The van der Waals surface area contributed by atoms with E-state index in [0.29, 0.717) is 5.69 Å². The predicted octanol–water partition coefficient (Wildman–Crippen LogP) is 2.61. The molecule has 5 heteroatoms. The van der Waals surface area contributed by atoms with Crippen LogP contribution in [0, 0.1) is 0 Å². The highest BCUT2D eigenvalue weighted by Crippen LogP contribution is 2.38. The Hall–Kier alpha value is -1.20. The Kier molecular flexibility index (Phi) is 3.50. The number of carbonyl (C=O) groups is 2. The number of rotatable bonds is 0. The highest BCUT2D eigenvalue weighted by molar-refractivity contribution is 9.10. The zero-order chi connectivity index (χ0) is 11.2. The molecule has 3 N–H and O–H groups in total. The summed E-state index contributed by atoms with van der Waals surface area (Å²) < 4.78 is 0.870. The van der Waals surface area contributed by atoms with Crippen LogP contribution in [0.3, 0.4) is 0 Å². The van der Waals surface area contributed by atoms with Gasteiger partial charge in [0, 0.05) is 11.4 Å². The second-order valence-electron chi connectivity index (χ2n) is 3.62. The molecule has 1 unspecified atom stereocenters. The number of benzene rings is 1. The fraction of sp³-hybridized carbons (Fsp3) is 0.273. The normalized spacial score (nSPS) is 18.1. The van der Waals surface area contributed by atoms with E-state index in [1.807, 2.05) is 19.1 Å². The summed E-state index contributed by atoms with van der Waals surface area (Å²) in [5, 5.41) is 0. The van der Waals surface area contributed by atoms with E-state index in [4.69, 9.17) is 0 Å². The smallest absolute Gasteiger partial charge is 0.241 e. The van der Waals surface area contributed by atoms with Gasteiger partial charge in [0.25, 0.3) is 0 Å². The lowest BCUT2D eigenvalue weighted by molar-refractivity contribution is -0.125. The summed E-state index contributed by atoms with van der Waals surface area (Å²) in [4.78, 5) is 24.4. The summed E-state index contributed by atoms with van der Waals surface area (Å²) in [5.41, 5.74) is 1.62. The van der Waals surface area contributed by atoms with E-state index < -0.39 is 0 Å². The first-order valence-corrected chi connectivity index (χ1v) is 5.45. The quantitative estimate of drug-likeness (QED) is 0.796. The monoisotopic (exact) mass is 284 g/mol. The summed E-state index contributed by atoms with van der Waals surface area (Å²) in [6.45, 7) is 3.22. The van der Waals surface area contributed by atoms with Crippen LogP contribution in [0.2, 0.25) is 0 Å². The molecule has 16 heavy (non-hydrogen) atoms. The highest BCUT2D eigenvalue weighted by Gasteiger charge is 2.36. The van der Waals surface area contributed by atoms with Crippen molar-refractivity contribution >= 4 is 33.4 Å². The summed E-state index contributed by atoms with van der Waals surface area (Å²) in [5.74, 6) is -0.601. The summed E-state index contributed by atoms with van der Waals surface area (Å²) in [6.07, 6.45) is 0. The van der Waals surface area contributed by atoms with Crippen molar-refractivity contribution in [2.75, 3.05) is 4.90 Å². The number of imide groups is 1. The molecule has 1 aromatic carbocycles. The van der Waals surface area contributed by atoms with Crippen LogP contribution in [0.25, 0.3) is 0 Å². The van der Waals surface area contributed by atoms with Gasteiger partial charge in [-0.25, -0.2) is 4.90 Å².